The predicted octanol–water partition coefficient (Wildman–Crippen LogP) is 5.30. The summed E-state index contributed by atoms with van der Waals surface area (Å²) in [5.74, 6) is 0.845. The van der Waals surface area contributed by atoms with Crippen LogP contribution in [0.15, 0.2) is 53.2 Å². The Labute approximate surface area is 173 Å². The molecule has 2 aromatic heterocycles. The van der Waals surface area contributed by atoms with Gasteiger partial charge in [-0.25, -0.2) is 4.98 Å². The summed E-state index contributed by atoms with van der Waals surface area (Å²) in [4.78, 5) is 20.3. The van der Waals surface area contributed by atoms with Crippen molar-refractivity contribution < 1.29 is 9.53 Å². The van der Waals surface area contributed by atoms with E-state index in [0.717, 1.165) is 34.9 Å². The maximum atomic E-state index is 12.7. The number of carbonyl (C=O) groups excluding carboxylic acids is 1. The van der Waals surface area contributed by atoms with Gasteiger partial charge in [0.1, 0.15) is 12.4 Å². The topological polar surface area (TPSA) is 42.4 Å². The van der Waals surface area contributed by atoms with E-state index in [9.17, 15) is 4.79 Å². The number of thiophene rings is 1. The second-order valence-electron chi connectivity index (χ2n) is 6.83. The molecule has 1 aromatic carbocycles. The van der Waals surface area contributed by atoms with Crippen molar-refractivity contribution in [2.45, 2.75) is 39.0 Å². The summed E-state index contributed by atoms with van der Waals surface area (Å²) in [6, 6.07) is 12.3. The molecule has 0 bridgehead atoms. The summed E-state index contributed by atoms with van der Waals surface area (Å²) < 4.78 is 5.83. The second-order valence-corrected chi connectivity index (χ2v) is 8.92. The summed E-state index contributed by atoms with van der Waals surface area (Å²) in [6.45, 7) is 3.13. The van der Waals surface area contributed by atoms with Gasteiger partial charge in [-0.2, -0.15) is 0 Å². The lowest BCUT2D eigenvalue weighted by Gasteiger charge is -2.20. The van der Waals surface area contributed by atoms with Gasteiger partial charge in [0.15, 0.2) is 0 Å². The third-order valence-electron chi connectivity index (χ3n) is 4.51. The van der Waals surface area contributed by atoms with Crippen molar-refractivity contribution in [2.75, 3.05) is 0 Å². The Kier molecular flexibility index (Phi) is 5.88. The number of ether oxygens (including phenoxy) is 1. The zero-order valence-electron chi connectivity index (χ0n) is 15.7. The predicted molar refractivity (Wildman–Crippen MR) is 115 cm³/mol. The number of benzene rings is 1. The number of amides is 1. The number of nitrogens with zero attached hydrogens (tertiary/aromatic N) is 2. The molecule has 0 saturated heterocycles. The van der Waals surface area contributed by atoms with Crippen molar-refractivity contribution in [3.8, 4) is 5.75 Å². The van der Waals surface area contributed by atoms with Gasteiger partial charge >= 0.3 is 0 Å². The molecule has 0 radical (unpaired) electrons. The molecule has 1 fully saturated rings. The van der Waals surface area contributed by atoms with Crippen LogP contribution < -0.4 is 4.74 Å². The van der Waals surface area contributed by atoms with E-state index in [1.807, 2.05) is 53.6 Å². The third-order valence-corrected chi connectivity index (χ3v) is 6.19. The van der Waals surface area contributed by atoms with E-state index in [4.69, 9.17) is 4.74 Å². The van der Waals surface area contributed by atoms with Gasteiger partial charge in [0.05, 0.1) is 17.2 Å². The lowest BCUT2D eigenvalue weighted by atomic mass is 10.2. The van der Waals surface area contributed by atoms with Crippen molar-refractivity contribution in [3.63, 3.8) is 0 Å². The first-order valence-electron chi connectivity index (χ1n) is 9.32. The first-order chi connectivity index (χ1) is 13.7. The number of thiazole rings is 1. The molecule has 0 N–H and O–H groups in total. The van der Waals surface area contributed by atoms with E-state index in [1.165, 1.54) is 4.88 Å². The molecule has 3 aromatic rings. The Morgan fingerprint density at radius 1 is 1.29 bits per heavy atom. The van der Waals surface area contributed by atoms with Crippen LogP contribution in [0.4, 0.5) is 0 Å². The SMILES string of the molecule is Cc1nc(COc2cccc(/C=C/C(=O)N(Cc3cccs3)C3CC3)c2)cs1. The van der Waals surface area contributed by atoms with E-state index in [1.54, 1.807) is 28.7 Å². The highest BCUT2D eigenvalue weighted by molar-refractivity contribution is 7.10. The average Bonchev–Trinajstić information content (AvgIpc) is 3.24. The van der Waals surface area contributed by atoms with Crippen molar-refractivity contribution in [3.05, 3.63) is 74.4 Å². The monoisotopic (exact) mass is 410 g/mol. The highest BCUT2D eigenvalue weighted by Gasteiger charge is 2.31. The number of hydrogen-bond donors (Lipinski definition) is 0. The van der Waals surface area contributed by atoms with Gasteiger partial charge in [0, 0.05) is 22.4 Å². The minimum atomic E-state index is 0.0696. The summed E-state index contributed by atoms with van der Waals surface area (Å²) >= 11 is 3.32. The van der Waals surface area contributed by atoms with Gasteiger partial charge < -0.3 is 9.64 Å². The third kappa shape index (κ3) is 5.09. The Bertz CT molecular complexity index is 959. The van der Waals surface area contributed by atoms with Crippen molar-refractivity contribution >= 4 is 34.7 Å². The lowest BCUT2D eigenvalue weighted by molar-refractivity contribution is -0.127. The van der Waals surface area contributed by atoms with Crippen LogP contribution >= 0.6 is 22.7 Å². The Balaban J connectivity index is 1.38. The normalized spacial score (nSPS) is 13.8. The zero-order valence-corrected chi connectivity index (χ0v) is 17.3. The van der Waals surface area contributed by atoms with Crippen LogP contribution in [0.2, 0.25) is 0 Å². The van der Waals surface area contributed by atoms with Crippen LogP contribution in [0.25, 0.3) is 6.08 Å². The van der Waals surface area contributed by atoms with Crippen LogP contribution in [0.3, 0.4) is 0 Å². The Morgan fingerprint density at radius 2 is 2.18 bits per heavy atom. The van der Waals surface area contributed by atoms with E-state index < -0.39 is 0 Å². The van der Waals surface area contributed by atoms with Gasteiger partial charge in [-0.15, -0.1) is 22.7 Å². The fourth-order valence-electron chi connectivity index (χ4n) is 2.95. The smallest absolute Gasteiger partial charge is 0.247 e. The first kappa shape index (κ1) is 18.9. The number of aryl methyl sites for hydroxylation is 1. The van der Waals surface area contributed by atoms with Crippen LogP contribution in [0.1, 0.15) is 34.0 Å². The molecule has 1 saturated carbocycles. The van der Waals surface area contributed by atoms with Crippen LogP contribution in [0, 0.1) is 6.92 Å². The molecule has 0 spiro atoms. The van der Waals surface area contributed by atoms with Crippen LogP contribution in [0.5, 0.6) is 5.75 Å². The fraction of sp³-hybridized carbons (Fsp3) is 0.273. The van der Waals surface area contributed by atoms with Crippen LogP contribution in [-0.4, -0.2) is 21.8 Å². The Hall–Kier alpha value is -2.44. The molecule has 0 unspecified atom stereocenters. The lowest BCUT2D eigenvalue weighted by Crippen LogP contribution is -2.30. The quantitative estimate of drug-likeness (QED) is 0.474. The highest BCUT2D eigenvalue weighted by Crippen LogP contribution is 2.29. The largest absolute Gasteiger partial charge is 0.487 e. The number of rotatable bonds is 8. The summed E-state index contributed by atoms with van der Waals surface area (Å²) in [7, 11) is 0. The fourth-order valence-corrected chi connectivity index (χ4v) is 4.25. The number of aromatic nitrogens is 1. The number of hydrogen-bond acceptors (Lipinski definition) is 5. The molecule has 6 heteroatoms. The molecule has 144 valence electrons. The molecular weight excluding hydrogens is 388 g/mol. The minimum Gasteiger partial charge on any atom is -0.487 e. The molecule has 2 heterocycles. The minimum absolute atomic E-state index is 0.0696. The standard InChI is InChI=1S/C22H22N2O2S2/c1-16-23-18(15-28-16)14-26-20-5-2-4-17(12-20)7-10-22(25)24(19-8-9-19)13-21-6-3-11-27-21/h2-7,10-12,15,19H,8-9,13-14H2,1H3/b10-7+. The van der Waals surface area contributed by atoms with Gasteiger partial charge in [0.25, 0.3) is 0 Å². The number of carbonyl (C=O) groups is 1. The molecule has 1 amide bonds. The van der Waals surface area contributed by atoms with Crippen molar-refractivity contribution in [1.82, 2.24) is 9.88 Å². The second kappa shape index (κ2) is 8.71. The van der Waals surface area contributed by atoms with E-state index in [0.29, 0.717) is 19.2 Å². The van der Waals surface area contributed by atoms with E-state index in [2.05, 4.69) is 16.4 Å². The molecule has 1 aliphatic rings. The summed E-state index contributed by atoms with van der Waals surface area (Å²) in [5.41, 5.74) is 1.89. The van der Waals surface area contributed by atoms with Gasteiger partial charge in [-0.05, 0) is 55.0 Å². The van der Waals surface area contributed by atoms with Crippen LogP contribution in [-0.2, 0) is 17.9 Å². The van der Waals surface area contributed by atoms with E-state index >= 15 is 0 Å². The molecule has 0 aliphatic heterocycles. The molecule has 0 atom stereocenters. The van der Waals surface area contributed by atoms with Gasteiger partial charge in [-0.1, -0.05) is 18.2 Å². The first-order valence-corrected chi connectivity index (χ1v) is 11.1. The molecule has 4 nitrogen and oxygen atoms in total. The highest BCUT2D eigenvalue weighted by atomic mass is 32.1. The van der Waals surface area contributed by atoms with E-state index in [-0.39, 0.29) is 5.91 Å². The average molecular weight is 411 g/mol. The van der Waals surface area contributed by atoms with Crippen molar-refractivity contribution in [1.29, 1.82) is 0 Å². The van der Waals surface area contributed by atoms with Crippen molar-refractivity contribution in [2.24, 2.45) is 0 Å². The maximum absolute atomic E-state index is 12.7. The molecular formula is C22H22N2O2S2. The maximum Gasteiger partial charge on any atom is 0.247 e. The van der Waals surface area contributed by atoms with Gasteiger partial charge in [0.2, 0.25) is 5.91 Å². The molecule has 1 aliphatic carbocycles. The van der Waals surface area contributed by atoms with Gasteiger partial charge in [-0.3, -0.25) is 4.79 Å². The summed E-state index contributed by atoms with van der Waals surface area (Å²) in [6.07, 6.45) is 5.75. The molecule has 28 heavy (non-hydrogen) atoms. The molecule has 4 rings (SSSR count). The Morgan fingerprint density at radius 3 is 2.89 bits per heavy atom. The zero-order chi connectivity index (χ0) is 19.3. The summed E-state index contributed by atoms with van der Waals surface area (Å²) in [5, 5.41) is 5.10.